The van der Waals surface area contributed by atoms with Gasteiger partial charge in [0.15, 0.2) is 0 Å². The molecule has 296 valence electrons. The van der Waals surface area contributed by atoms with Crippen molar-refractivity contribution in [3.8, 4) is 0 Å². The van der Waals surface area contributed by atoms with E-state index in [9.17, 15) is 58.8 Å². The minimum Gasteiger partial charge on any atom is -0.481 e. The number of hydrogen-bond acceptors (Lipinski definition) is 13. The molecule has 0 saturated heterocycles. The Labute approximate surface area is 299 Å². The molecule has 0 aromatic rings. The molecule has 0 fully saturated rings. The van der Waals surface area contributed by atoms with Crippen molar-refractivity contribution in [2.45, 2.75) is 77.0 Å². The van der Waals surface area contributed by atoms with Gasteiger partial charge in [-0.25, -0.2) is 15.2 Å². The fourth-order valence-electron chi connectivity index (χ4n) is 4.22. The SMILES string of the molecule is O=C(O)CCC(=O)N(O)CCC(=O)NCCCN(CCCNC(=O)CCN(O)C(=O)CCC(=O)O)CCCNC(=O)CCN(O)C(=O)CCC(=O)O. The van der Waals surface area contributed by atoms with Crippen LogP contribution in [0.2, 0.25) is 0 Å². The van der Waals surface area contributed by atoms with Gasteiger partial charge in [-0.3, -0.25) is 58.8 Å². The van der Waals surface area contributed by atoms with Crippen molar-refractivity contribution in [2.75, 3.05) is 58.9 Å². The molecule has 0 saturated carbocycles. The molecule has 0 aliphatic rings. The van der Waals surface area contributed by atoms with E-state index in [4.69, 9.17) is 15.3 Å². The van der Waals surface area contributed by atoms with Crippen LogP contribution in [0.15, 0.2) is 0 Å². The summed E-state index contributed by atoms with van der Waals surface area (Å²) in [6.45, 7) is 1.23. The minimum absolute atomic E-state index is 0.215. The van der Waals surface area contributed by atoms with Crippen LogP contribution in [-0.4, -0.2) is 163 Å². The summed E-state index contributed by atoms with van der Waals surface area (Å²) in [5.74, 6) is -7.41. The summed E-state index contributed by atoms with van der Waals surface area (Å²) in [6.07, 6.45) is -1.80. The van der Waals surface area contributed by atoms with Crippen LogP contribution in [0, 0.1) is 0 Å². The van der Waals surface area contributed by atoms with Gasteiger partial charge < -0.3 is 36.2 Å². The first-order valence-electron chi connectivity index (χ1n) is 16.7. The quantitative estimate of drug-likeness (QED) is 0.0223. The Bertz CT molecular complexity index is 1060. The van der Waals surface area contributed by atoms with Crippen molar-refractivity contribution in [1.82, 2.24) is 36.0 Å². The molecule has 0 heterocycles. The first kappa shape index (κ1) is 47.1. The van der Waals surface area contributed by atoms with Gasteiger partial charge in [0.25, 0.3) is 0 Å². The molecule has 0 aromatic carbocycles. The fourth-order valence-corrected chi connectivity index (χ4v) is 4.22. The third-order valence-electron chi connectivity index (χ3n) is 7.09. The standard InChI is InChI=1S/C30H51N7O15/c38-22(10-19-35(50)25(41)4-7-28(44)45)31-13-1-16-34(17-2-14-32-23(39)11-20-36(51)26(42)5-8-29(46)47)18-3-15-33-24(40)12-21-37(52)27(43)6-9-30(48)49/h50-52H,1-21H2,(H,31,38)(H,32,39)(H,33,40)(H,44,45)(H,46,47)(H,48,49). The highest BCUT2D eigenvalue weighted by atomic mass is 16.5. The first-order chi connectivity index (χ1) is 24.5. The van der Waals surface area contributed by atoms with Crippen LogP contribution < -0.4 is 16.0 Å². The molecule has 0 atom stereocenters. The van der Waals surface area contributed by atoms with E-state index in [1.54, 1.807) is 0 Å². The summed E-state index contributed by atoms with van der Waals surface area (Å²) >= 11 is 0. The van der Waals surface area contributed by atoms with Crippen LogP contribution in [-0.2, 0) is 43.2 Å². The van der Waals surface area contributed by atoms with Crippen LogP contribution in [0.3, 0.4) is 0 Å². The van der Waals surface area contributed by atoms with Crippen LogP contribution in [0.1, 0.15) is 77.0 Å². The zero-order chi connectivity index (χ0) is 39.5. The lowest BCUT2D eigenvalue weighted by atomic mass is 10.2. The van der Waals surface area contributed by atoms with Gasteiger partial charge in [-0.15, -0.1) is 0 Å². The van der Waals surface area contributed by atoms with Gasteiger partial charge >= 0.3 is 17.9 Å². The first-order valence-corrected chi connectivity index (χ1v) is 16.7. The van der Waals surface area contributed by atoms with E-state index >= 15 is 0 Å². The summed E-state index contributed by atoms with van der Waals surface area (Å²) in [5, 5.41) is 63.8. The Balaban J connectivity index is 4.73. The molecule has 22 heteroatoms. The molecule has 0 aliphatic heterocycles. The summed E-state index contributed by atoms with van der Waals surface area (Å²) in [6, 6.07) is 0. The Hall–Kier alpha value is -4.93. The summed E-state index contributed by atoms with van der Waals surface area (Å²) in [7, 11) is 0. The number of nitrogens with zero attached hydrogens (tertiary/aromatic N) is 4. The molecule has 22 nitrogen and oxygen atoms in total. The zero-order valence-corrected chi connectivity index (χ0v) is 29.0. The van der Waals surface area contributed by atoms with Crippen LogP contribution in [0.25, 0.3) is 0 Å². The molecule has 0 unspecified atom stereocenters. The second-order valence-electron chi connectivity index (χ2n) is 11.4. The maximum absolute atomic E-state index is 12.1. The number of amides is 6. The molecule has 9 N–H and O–H groups in total. The Morgan fingerprint density at radius 1 is 0.365 bits per heavy atom. The maximum Gasteiger partial charge on any atom is 0.303 e. The Morgan fingerprint density at radius 3 is 0.846 bits per heavy atom. The lowest BCUT2D eigenvalue weighted by molar-refractivity contribution is -0.167. The van der Waals surface area contributed by atoms with Gasteiger partial charge in [0.2, 0.25) is 35.4 Å². The largest absolute Gasteiger partial charge is 0.481 e. The molecular weight excluding hydrogens is 698 g/mol. The van der Waals surface area contributed by atoms with E-state index in [1.165, 1.54) is 0 Å². The molecule has 6 amide bonds. The van der Waals surface area contributed by atoms with Crippen molar-refractivity contribution in [2.24, 2.45) is 0 Å². The summed E-state index contributed by atoms with van der Waals surface area (Å²) in [4.78, 5) is 105. The number of nitrogens with one attached hydrogen (secondary N) is 3. The second kappa shape index (κ2) is 27.8. The average molecular weight is 750 g/mol. The normalized spacial score (nSPS) is 10.6. The molecule has 0 radical (unpaired) electrons. The number of hydrogen-bond donors (Lipinski definition) is 9. The van der Waals surface area contributed by atoms with Crippen molar-refractivity contribution >= 4 is 53.4 Å². The van der Waals surface area contributed by atoms with E-state index in [1.807, 2.05) is 4.90 Å². The average Bonchev–Trinajstić information content (AvgIpc) is 3.09. The number of rotatable bonds is 30. The highest BCUT2D eigenvalue weighted by molar-refractivity contribution is 5.82. The third-order valence-corrected chi connectivity index (χ3v) is 7.09. The molecule has 0 spiro atoms. The zero-order valence-electron chi connectivity index (χ0n) is 29.0. The number of carboxylic acid groups (broad SMARTS) is 3. The number of carbonyl (C=O) groups excluding carboxylic acids is 6. The van der Waals surface area contributed by atoms with Crippen LogP contribution in [0.4, 0.5) is 0 Å². The van der Waals surface area contributed by atoms with Crippen molar-refractivity contribution in [3.63, 3.8) is 0 Å². The van der Waals surface area contributed by atoms with E-state index in [0.29, 0.717) is 54.1 Å². The lowest BCUT2D eigenvalue weighted by Crippen LogP contribution is -2.37. The monoisotopic (exact) mass is 749 g/mol. The number of carboxylic acids is 3. The third kappa shape index (κ3) is 26.0. The van der Waals surface area contributed by atoms with E-state index < -0.39 is 91.9 Å². The highest BCUT2D eigenvalue weighted by Crippen LogP contribution is 2.01. The lowest BCUT2D eigenvalue weighted by Gasteiger charge is -2.23. The topological polar surface area (TPSA) is 324 Å². The minimum atomic E-state index is -1.20. The number of aliphatic carboxylic acids is 3. The fraction of sp³-hybridized carbons (Fsp3) is 0.700. The highest BCUT2D eigenvalue weighted by Gasteiger charge is 2.17. The van der Waals surface area contributed by atoms with Gasteiger partial charge in [0.1, 0.15) is 0 Å². The number of carbonyl (C=O) groups is 9. The smallest absolute Gasteiger partial charge is 0.303 e. The molecule has 0 aromatic heterocycles. The van der Waals surface area contributed by atoms with Gasteiger partial charge in [0, 0.05) is 58.2 Å². The molecule has 0 rings (SSSR count). The maximum atomic E-state index is 12.1. The van der Waals surface area contributed by atoms with Gasteiger partial charge in [-0.1, -0.05) is 0 Å². The van der Waals surface area contributed by atoms with E-state index in [0.717, 1.165) is 0 Å². The van der Waals surface area contributed by atoms with Crippen molar-refractivity contribution in [1.29, 1.82) is 0 Å². The summed E-state index contributed by atoms with van der Waals surface area (Å²) in [5.41, 5.74) is 0. The van der Waals surface area contributed by atoms with Gasteiger partial charge in [-0.05, 0) is 38.9 Å². The van der Waals surface area contributed by atoms with Crippen LogP contribution in [0.5, 0.6) is 0 Å². The Morgan fingerprint density at radius 2 is 0.615 bits per heavy atom. The van der Waals surface area contributed by atoms with Crippen molar-refractivity contribution in [3.05, 3.63) is 0 Å². The van der Waals surface area contributed by atoms with E-state index in [-0.39, 0.29) is 58.5 Å². The van der Waals surface area contributed by atoms with Crippen LogP contribution >= 0.6 is 0 Å². The van der Waals surface area contributed by atoms with E-state index in [2.05, 4.69) is 16.0 Å². The molecular formula is C30H51N7O15. The second-order valence-corrected chi connectivity index (χ2v) is 11.4. The van der Waals surface area contributed by atoms with Crippen molar-refractivity contribution < 1.29 is 74.1 Å². The molecule has 52 heavy (non-hydrogen) atoms. The number of hydroxylamine groups is 6. The molecule has 0 bridgehead atoms. The molecule has 0 aliphatic carbocycles. The Kier molecular flexibility index (Phi) is 25.1. The predicted molar refractivity (Wildman–Crippen MR) is 174 cm³/mol. The predicted octanol–water partition coefficient (Wildman–Crippen LogP) is -1.77. The van der Waals surface area contributed by atoms with Gasteiger partial charge in [0.05, 0.1) is 38.9 Å². The summed E-state index contributed by atoms with van der Waals surface area (Å²) < 4.78 is 0. The van der Waals surface area contributed by atoms with Gasteiger partial charge in [-0.2, -0.15) is 0 Å².